The van der Waals surface area contributed by atoms with Gasteiger partial charge in [0.25, 0.3) is 0 Å². The second-order valence-electron chi connectivity index (χ2n) is 3.66. The van der Waals surface area contributed by atoms with Crippen LogP contribution < -0.4 is 0 Å². The van der Waals surface area contributed by atoms with Gasteiger partial charge >= 0.3 is 6.09 Å². The van der Waals surface area contributed by atoms with Gasteiger partial charge in [-0.05, 0) is 19.8 Å². The number of hydrogen-bond donors (Lipinski definition) is 0. The molecule has 5 heteroatoms. The molecule has 0 saturated carbocycles. The van der Waals surface area contributed by atoms with Crippen LogP contribution in [0.2, 0.25) is 0 Å². The lowest BCUT2D eigenvalue weighted by atomic mass is 9.94. The Morgan fingerprint density at radius 1 is 1.50 bits per heavy atom. The van der Waals surface area contributed by atoms with Crippen molar-refractivity contribution in [3.63, 3.8) is 0 Å². The maximum absolute atomic E-state index is 11.3. The molecule has 0 spiro atoms. The van der Waals surface area contributed by atoms with Crippen molar-refractivity contribution in [2.75, 3.05) is 26.3 Å². The molecule has 1 fully saturated rings. The fourth-order valence-corrected chi connectivity index (χ4v) is 1.60. The van der Waals surface area contributed by atoms with Crippen molar-refractivity contribution in [2.24, 2.45) is 0 Å². The smallest absolute Gasteiger partial charge is 0.410 e. The molecule has 0 N–H and O–H groups in total. The summed E-state index contributed by atoms with van der Waals surface area (Å²) in [5, 5.41) is 0. The third kappa shape index (κ3) is 2.75. The molecule has 4 nitrogen and oxygen atoms in total. The van der Waals surface area contributed by atoms with Crippen LogP contribution in [0.25, 0.3) is 0 Å². The van der Waals surface area contributed by atoms with Gasteiger partial charge in [0.15, 0.2) is 6.07 Å². The highest BCUT2D eigenvalue weighted by atomic mass is 35.5. The Balaban J connectivity index is 2.39. The van der Waals surface area contributed by atoms with E-state index < -0.39 is 0 Å². The minimum Gasteiger partial charge on any atom is -0.433 e. The first-order valence-corrected chi connectivity index (χ1v) is 5.17. The maximum atomic E-state index is 11.3. The molecule has 0 radical (unpaired) electrons. The number of amides is 1. The predicted octanol–water partition coefficient (Wildman–Crippen LogP) is 1.82. The Morgan fingerprint density at radius 3 is 2.50 bits per heavy atom. The van der Waals surface area contributed by atoms with Crippen LogP contribution >= 0.6 is 11.6 Å². The molecule has 0 aromatic carbocycles. The van der Waals surface area contributed by atoms with Gasteiger partial charge < -0.3 is 14.4 Å². The van der Waals surface area contributed by atoms with Gasteiger partial charge in [0, 0.05) is 20.2 Å². The number of hydrogen-bond acceptors (Lipinski definition) is 3. The van der Waals surface area contributed by atoms with E-state index in [9.17, 15) is 4.79 Å². The molecule has 82 valence electrons. The van der Waals surface area contributed by atoms with Crippen LogP contribution in [-0.4, -0.2) is 42.9 Å². The van der Waals surface area contributed by atoms with Gasteiger partial charge in [-0.15, -0.1) is 0 Å². The molecule has 1 heterocycles. The fourth-order valence-electron chi connectivity index (χ4n) is 1.50. The third-order valence-electron chi connectivity index (χ3n) is 2.75. The number of nitrogens with zero attached hydrogens (tertiary/aromatic N) is 1. The van der Waals surface area contributed by atoms with E-state index in [0.29, 0.717) is 13.1 Å². The van der Waals surface area contributed by atoms with Crippen LogP contribution in [0.5, 0.6) is 0 Å². The zero-order valence-corrected chi connectivity index (χ0v) is 9.34. The Hall–Kier alpha value is -0.480. The van der Waals surface area contributed by atoms with Crippen LogP contribution in [0.1, 0.15) is 19.8 Å². The normalized spacial score (nSPS) is 20.6. The van der Waals surface area contributed by atoms with Crippen molar-refractivity contribution in [1.82, 2.24) is 4.90 Å². The van der Waals surface area contributed by atoms with Crippen LogP contribution in [-0.2, 0) is 9.47 Å². The zero-order valence-electron chi connectivity index (χ0n) is 8.59. The molecule has 0 aromatic heterocycles. The standard InChI is InChI=1S/C9H16ClNO3/c1-9(13-2)3-5-11(6-4-9)8(12)14-7-10/h3-7H2,1-2H3. The molecule has 1 aliphatic rings. The Labute approximate surface area is 89.1 Å². The van der Waals surface area contributed by atoms with Gasteiger partial charge in [-0.2, -0.15) is 0 Å². The monoisotopic (exact) mass is 221 g/mol. The highest BCUT2D eigenvalue weighted by Gasteiger charge is 2.32. The number of carbonyl (C=O) groups excluding carboxylic acids is 1. The van der Waals surface area contributed by atoms with Gasteiger partial charge in [-0.25, -0.2) is 4.79 Å². The SMILES string of the molecule is COC1(C)CCN(C(=O)OCCl)CC1. The molecule has 1 saturated heterocycles. The molecule has 0 bridgehead atoms. The van der Waals surface area contributed by atoms with Crippen molar-refractivity contribution in [3.8, 4) is 0 Å². The number of ether oxygens (including phenoxy) is 2. The minimum atomic E-state index is -0.335. The molecule has 0 aliphatic carbocycles. The van der Waals surface area contributed by atoms with E-state index in [1.165, 1.54) is 0 Å². The average molecular weight is 222 g/mol. The van der Waals surface area contributed by atoms with E-state index in [1.807, 2.05) is 0 Å². The number of piperidine rings is 1. The number of halogens is 1. The average Bonchev–Trinajstić information content (AvgIpc) is 2.19. The first kappa shape index (κ1) is 11.6. The molecule has 1 amide bonds. The molecular weight excluding hydrogens is 206 g/mol. The highest BCUT2D eigenvalue weighted by molar-refractivity contribution is 6.17. The summed E-state index contributed by atoms with van der Waals surface area (Å²) in [5.74, 6) is 0. The van der Waals surface area contributed by atoms with Gasteiger partial charge in [0.2, 0.25) is 0 Å². The molecule has 0 atom stereocenters. The number of methoxy groups -OCH3 is 1. The largest absolute Gasteiger partial charge is 0.433 e. The topological polar surface area (TPSA) is 38.8 Å². The lowest BCUT2D eigenvalue weighted by Gasteiger charge is -2.37. The molecule has 14 heavy (non-hydrogen) atoms. The van der Waals surface area contributed by atoms with Crippen molar-refractivity contribution < 1.29 is 14.3 Å². The second-order valence-corrected chi connectivity index (χ2v) is 3.88. The summed E-state index contributed by atoms with van der Waals surface area (Å²) in [6.07, 6.45) is 1.33. The molecule has 0 unspecified atom stereocenters. The van der Waals surface area contributed by atoms with Crippen LogP contribution in [0, 0.1) is 0 Å². The van der Waals surface area contributed by atoms with E-state index in [1.54, 1.807) is 12.0 Å². The summed E-state index contributed by atoms with van der Waals surface area (Å²) in [6.45, 7) is 3.39. The minimum absolute atomic E-state index is 0.0864. The van der Waals surface area contributed by atoms with E-state index in [-0.39, 0.29) is 17.8 Å². The first-order chi connectivity index (χ1) is 6.61. The maximum Gasteiger partial charge on any atom is 0.410 e. The summed E-state index contributed by atoms with van der Waals surface area (Å²) < 4.78 is 10.1. The molecule has 0 aromatic rings. The third-order valence-corrected chi connectivity index (χ3v) is 2.86. The number of rotatable bonds is 2. The quantitative estimate of drug-likeness (QED) is 0.668. The lowest BCUT2D eigenvalue weighted by molar-refractivity contribution is -0.0400. The summed E-state index contributed by atoms with van der Waals surface area (Å²) >= 11 is 5.30. The van der Waals surface area contributed by atoms with E-state index >= 15 is 0 Å². The summed E-state index contributed by atoms with van der Waals surface area (Å²) in [7, 11) is 1.70. The Morgan fingerprint density at radius 2 is 2.07 bits per heavy atom. The van der Waals surface area contributed by atoms with Gasteiger partial charge in [0.05, 0.1) is 5.60 Å². The van der Waals surface area contributed by atoms with Gasteiger partial charge in [-0.1, -0.05) is 11.6 Å². The van der Waals surface area contributed by atoms with E-state index in [0.717, 1.165) is 12.8 Å². The summed E-state index contributed by atoms with van der Waals surface area (Å²) in [4.78, 5) is 12.9. The number of alkyl halides is 1. The highest BCUT2D eigenvalue weighted by Crippen LogP contribution is 2.25. The van der Waals surface area contributed by atoms with Crippen LogP contribution in [0.4, 0.5) is 4.79 Å². The molecular formula is C9H16ClNO3. The van der Waals surface area contributed by atoms with Gasteiger partial charge in [0.1, 0.15) is 0 Å². The summed E-state index contributed by atoms with van der Waals surface area (Å²) in [5.41, 5.74) is -0.0995. The van der Waals surface area contributed by atoms with Crippen molar-refractivity contribution in [2.45, 2.75) is 25.4 Å². The van der Waals surface area contributed by atoms with Crippen molar-refractivity contribution in [1.29, 1.82) is 0 Å². The number of carbonyl (C=O) groups is 1. The molecule has 1 aliphatic heterocycles. The van der Waals surface area contributed by atoms with E-state index in [2.05, 4.69) is 6.92 Å². The Bertz CT molecular complexity index is 202. The van der Waals surface area contributed by atoms with E-state index in [4.69, 9.17) is 21.1 Å². The lowest BCUT2D eigenvalue weighted by Crippen LogP contribution is -2.46. The molecule has 1 rings (SSSR count). The predicted molar refractivity (Wildman–Crippen MR) is 53.4 cm³/mol. The zero-order chi connectivity index (χ0) is 10.6. The van der Waals surface area contributed by atoms with Crippen molar-refractivity contribution in [3.05, 3.63) is 0 Å². The first-order valence-electron chi connectivity index (χ1n) is 4.64. The second kappa shape index (κ2) is 4.84. The van der Waals surface area contributed by atoms with Crippen molar-refractivity contribution >= 4 is 17.7 Å². The summed E-state index contributed by atoms with van der Waals surface area (Å²) in [6, 6.07) is -0.0864. The fraction of sp³-hybridized carbons (Fsp3) is 0.889. The number of likely N-dealkylation sites (tertiary alicyclic amines) is 1. The Kier molecular flexibility index (Phi) is 4.01. The van der Waals surface area contributed by atoms with Gasteiger partial charge in [-0.3, -0.25) is 0 Å². The van der Waals surface area contributed by atoms with Crippen LogP contribution in [0.15, 0.2) is 0 Å². The van der Waals surface area contributed by atoms with Crippen LogP contribution in [0.3, 0.4) is 0 Å².